The number of fused-ring (bicyclic) bond motifs is 2. The molecule has 3 heteroatoms. The molecular formula is C13H24N2O. The van der Waals surface area contributed by atoms with Crippen LogP contribution in [0.1, 0.15) is 38.5 Å². The van der Waals surface area contributed by atoms with Gasteiger partial charge >= 0.3 is 0 Å². The molecule has 0 aliphatic heterocycles. The number of carbonyl (C=O) groups excluding carboxylic acids is 1. The molecule has 0 spiro atoms. The van der Waals surface area contributed by atoms with Gasteiger partial charge in [0, 0.05) is 19.5 Å². The number of carbonyl (C=O) groups is 1. The molecule has 2 N–H and O–H groups in total. The molecule has 92 valence electrons. The lowest BCUT2D eigenvalue weighted by Crippen LogP contribution is -2.29. The molecular weight excluding hydrogens is 200 g/mol. The largest absolute Gasteiger partial charge is 0.356 e. The van der Waals surface area contributed by atoms with Gasteiger partial charge in [-0.25, -0.2) is 0 Å². The summed E-state index contributed by atoms with van der Waals surface area (Å²) < 4.78 is 0. The van der Waals surface area contributed by atoms with Crippen LogP contribution in [0.25, 0.3) is 0 Å². The third-order valence-electron chi connectivity index (χ3n) is 4.32. The topological polar surface area (TPSA) is 41.1 Å². The van der Waals surface area contributed by atoms with Gasteiger partial charge in [-0.05, 0) is 50.5 Å². The van der Waals surface area contributed by atoms with Gasteiger partial charge in [0.15, 0.2) is 0 Å². The third kappa shape index (κ3) is 2.97. The Morgan fingerprint density at radius 3 is 2.75 bits per heavy atom. The van der Waals surface area contributed by atoms with E-state index in [0.717, 1.165) is 30.8 Å². The lowest BCUT2D eigenvalue weighted by atomic mass is 9.86. The Hall–Kier alpha value is -0.570. The standard InChI is InChI=1S/C13H24N2O/c1-14-6-5-13(16)15-7-4-12-9-10-2-3-11(12)8-10/h10-12,14H,2-9H2,1H3,(H,15,16). The van der Waals surface area contributed by atoms with Gasteiger partial charge in [-0.2, -0.15) is 0 Å². The summed E-state index contributed by atoms with van der Waals surface area (Å²) in [6.07, 6.45) is 7.62. The minimum absolute atomic E-state index is 0.192. The predicted octanol–water partition coefficient (Wildman–Crippen LogP) is 1.54. The Kier molecular flexibility index (Phi) is 4.22. The number of rotatable bonds is 6. The van der Waals surface area contributed by atoms with Gasteiger partial charge < -0.3 is 10.6 Å². The van der Waals surface area contributed by atoms with E-state index in [-0.39, 0.29) is 5.91 Å². The molecule has 2 aliphatic rings. The van der Waals surface area contributed by atoms with Crippen LogP contribution in [0.15, 0.2) is 0 Å². The second-order valence-electron chi connectivity index (χ2n) is 5.43. The van der Waals surface area contributed by atoms with E-state index in [1.807, 2.05) is 7.05 Å². The Balaban J connectivity index is 1.56. The van der Waals surface area contributed by atoms with Crippen LogP contribution >= 0.6 is 0 Å². The minimum atomic E-state index is 0.192. The summed E-state index contributed by atoms with van der Waals surface area (Å²) in [5, 5.41) is 6.02. The monoisotopic (exact) mass is 224 g/mol. The molecule has 2 rings (SSSR count). The fourth-order valence-electron chi connectivity index (χ4n) is 3.45. The summed E-state index contributed by atoms with van der Waals surface area (Å²) in [6.45, 7) is 1.66. The Morgan fingerprint density at radius 2 is 2.12 bits per heavy atom. The highest BCUT2D eigenvalue weighted by atomic mass is 16.1. The number of amides is 1. The van der Waals surface area contributed by atoms with E-state index in [4.69, 9.17) is 0 Å². The maximum atomic E-state index is 11.4. The molecule has 0 aromatic heterocycles. The van der Waals surface area contributed by atoms with E-state index >= 15 is 0 Å². The molecule has 0 radical (unpaired) electrons. The average molecular weight is 224 g/mol. The van der Waals surface area contributed by atoms with Crippen molar-refractivity contribution in [1.82, 2.24) is 10.6 Å². The van der Waals surface area contributed by atoms with Crippen molar-refractivity contribution in [3.05, 3.63) is 0 Å². The maximum Gasteiger partial charge on any atom is 0.221 e. The van der Waals surface area contributed by atoms with Gasteiger partial charge in [0.1, 0.15) is 0 Å². The molecule has 0 saturated heterocycles. The van der Waals surface area contributed by atoms with E-state index in [1.165, 1.54) is 32.1 Å². The fourth-order valence-corrected chi connectivity index (χ4v) is 3.45. The van der Waals surface area contributed by atoms with E-state index in [2.05, 4.69) is 10.6 Å². The second-order valence-corrected chi connectivity index (χ2v) is 5.43. The van der Waals surface area contributed by atoms with E-state index < -0.39 is 0 Å². The summed E-state index contributed by atoms with van der Waals surface area (Å²) in [7, 11) is 1.88. The third-order valence-corrected chi connectivity index (χ3v) is 4.32. The van der Waals surface area contributed by atoms with Crippen LogP contribution in [-0.2, 0) is 4.79 Å². The Labute approximate surface area is 98.4 Å². The first-order valence-electron chi connectivity index (χ1n) is 6.71. The Morgan fingerprint density at radius 1 is 1.25 bits per heavy atom. The van der Waals surface area contributed by atoms with Crippen molar-refractivity contribution in [2.75, 3.05) is 20.1 Å². The normalized spacial score (nSPS) is 31.9. The van der Waals surface area contributed by atoms with Gasteiger partial charge in [0.25, 0.3) is 0 Å². The summed E-state index contributed by atoms with van der Waals surface area (Å²) in [6, 6.07) is 0. The molecule has 2 fully saturated rings. The minimum Gasteiger partial charge on any atom is -0.356 e. The van der Waals surface area contributed by atoms with E-state index in [9.17, 15) is 4.79 Å². The molecule has 3 atom stereocenters. The first kappa shape index (κ1) is 11.9. The van der Waals surface area contributed by atoms with Crippen LogP contribution in [0.5, 0.6) is 0 Å². The molecule has 0 aromatic rings. The Bertz CT molecular complexity index is 242. The van der Waals surface area contributed by atoms with Gasteiger partial charge in [-0.15, -0.1) is 0 Å². The lowest BCUT2D eigenvalue weighted by molar-refractivity contribution is -0.121. The van der Waals surface area contributed by atoms with Gasteiger partial charge in [-0.3, -0.25) is 4.79 Å². The molecule has 16 heavy (non-hydrogen) atoms. The second kappa shape index (κ2) is 5.67. The van der Waals surface area contributed by atoms with E-state index in [1.54, 1.807) is 0 Å². The highest BCUT2D eigenvalue weighted by Gasteiger charge is 2.38. The first-order valence-corrected chi connectivity index (χ1v) is 6.71. The van der Waals surface area contributed by atoms with Crippen molar-refractivity contribution in [2.24, 2.45) is 17.8 Å². The highest BCUT2D eigenvalue weighted by molar-refractivity contribution is 5.75. The zero-order valence-electron chi connectivity index (χ0n) is 10.3. The lowest BCUT2D eigenvalue weighted by Gasteiger charge is -2.21. The zero-order chi connectivity index (χ0) is 11.4. The number of hydrogen-bond acceptors (Lipinski definition) is 2. The molecule has 3 nitrogen and oxygen atoms in total. The molecule has 0 aromatic carbocycles. The molecule has 2 saturated carbocycles. The van der Waals surface area contributed by atoms with Crippen LogP contribution in [-0.4, -0.2) is 26.0 Å². The van der Waals surface area contributed by atoms with Crippen molar-refractivity contribution < 1.29 is 4.79 Å². The smallest absolute Gasteiger partial charge is 0.221 e. The van der Waals surface area contributed by atoms with Gasteiger partial charge in [0.05, 0.1) is 0 Å². The van der Waals surface area contributed by atoms with Gasteiger partial charge in [0.2, 0.25) is 5.91 Å². The quantitative estimate of drug-likeness (QED) is 0.718. The van der Waals surface area contributed by atoms with Gasteiger partial charge in [-0.1, -0.05) is 6.42 Å². The average Bonchev–Trinajstić information content (AvgIpc) is 2.88. The van der Waals surface area contributed by atoms with Crippen LogP contribution in [0.4, 0.5) is 0 Å². The molecule has 1 amide bonds. The van der Waals surface area contributed by atoms with Crippen molar-refractivity contribution in [3.8, 4) is 0 Å². The number of nitrogens with one attached hydrogen (secondary N) is 2. The van der Waals surface area contributed by atoms with Crippen LogP contribution in [0.2, 0.25) is 0 Å². The van der Waals surface area contributed by atoms with Crippen molar-refractivity contribution >= 4 is 5.91 Å². The molecule has 0 heterocycles. The van der Waals surface area contributed by atoms with E-state index in [0.29, 0.717) is 6.42 Å². The predicted molar refractivity (Wildman–Crippen MR) is 65.1 cm³/mol. The van der Waals surface area contributed by atoms with Crippen molar-refractivity contribution in [2.45, 2.75) is 38.5 Å². The molecule has 2 aliphatic carbocycles. The molecule has 2 bridgehead atoms. The SMILES string of the molecule is CNCCC(=O)NCCC1CC2CCC1C2. The number of hydrogen-bond donors (Lipinski definition) is 2. The van der Waals surface area contributed by atoms with Crippen LogP contribution in [0, 0.1) is 17.8 Å². The fraction of sp³-hybridized carbons (Fsp3) is 0.923. The summed E-state index contributed by atoms with van der Waals surface area (Å²) >= 11 is 0. The summed E-state index contributed by atoms with van der Waals surface area (Å²) in [4.78, 5) is 11.4. The van der Waals surface area contributed by atoms with Crippen LogP contribution in [0.3, 0.4) is 0 Å². The summed E-state index contributed by atoms with van der Waals surface area (Å²) in [5.74, 6) is 3.11. The van der Waals surface area contributed by atoms with Crippen molar-refractivity contribution in [3.63, 3.8) is 0 Å². The first-order chi connectivity index (χ1) is 7.79. The zero-order valence-corrected chi connectivity index (χ0v) is 10.3. The molecule has 3 unspecified atom stereocenters. The maximum absolute atomic E-state index is 11.4. The van der Waals surface area contributed by atoms with Crippen LogP contribution < -0.4 is 10.6 Å². The van der Waals surface area contributed by atoms with Crippen molar-refractivity contribution in [1.29, 1.82) is 0 Å². The highest BCUT2D eigenvalue weighted by Crippen LogP contribution is 2.49. The summed E-state index contributed by atoms with van der Waals surface area (Å²) in [5.41, 5.74) is 0.